The fraction of sp³-hybridized carbons (Fsp3) is 0.680. The Morgan fingerprint density at radius 1 is 1.09 bits per heavy atom. The minimum atomic E-state index is -1.21. The summed E-state index contributed by atoms with van der Waals surface area (Å²) in [5.41, 5.74) is 0.0132. The van der Waals surface area contributed by atoms with Crippen LogP contribution in [0.5, 0.6) is 11.6 Å². The molecule has 1 N–H and O–H groups in total. The van der Waals surface area contributed by atoms with E-state index in [1.165, 1.54) is 19.3 Å². The van der Waals surface area contributed by atoms with Gasteiger partial charge in [0.15, 0.2) is 5.58 Å². The number of hydrogen-bond donors (Lipinski definition) is 1. The number of aromatic nitrogens is 1. The van der Waals surface area contributed by atoms with Gasteiger partial charge in [0.25, 0.3) is 5.88 Å². The first-order valence-electron chi connectivity index (χ1n) is 12.5. The van der Waals surface area contributed by atoms with Gasteiger partial charge in [0.2, 0.25) is 0 Å². The fourth-order valence-electron chi connectivity index (χ4n) is 5.16. The molecule has 2 aromatic rings. The Morgan fingerprint density at radius 3 is 2.53 bits per heavy atom. The number of likely N-dealkylation sites (tertiary alicyclic amines) is 1. The van der Waals surface area contributed by atoms with E-state index in [1.807, 2.05) is 18.2 Å². The van der Waals surface area contributed by atoms with Crippen LogP contribution in [0.4, 0.5) is 4.79 Å². The van der Waals surface area contributed by atoms with Gasteiger partial charge in [0.05, 0.1) is 26.4 Å². The molecule has 1 aliphatic carbocycles. The van der Waals surface area contributed by atoms with Crippen molar-refractivity contribution >= 4 is 17.1 Å². The molecular weight excluding hydrogens is 440 g/mol. The maximum atomic E-state index is 11.3. The van der Waals surface area contributed by atoms with E-state index in [2.05, 4.69) is 10.1 Å². The van der Waals surface area contributed by atoms with E-state index in [0.29, 0.717) is 62.5 Å². The summed E-state index contributed by atoms with van der Waals surface area (Å²) in [5.74, 6) is 2.32. The van der Waals surface area contributed by atoms with Gasteiger partial charge in [-0.3, -0.25) is 4.90 Å². The van der Waals surface area contributed by atoms with Crippen molar-refractivity contribution in [2.75, 3.05) is 46.1 Å². The number of ether oxygens (including phenoxy) is 4. The third-order valence-electron chi connectivity index (χ3n) is 7.51. The molecule has 0 bridgehead atoms. The predicted molar refractivity (Wildman–Crippen MR) is 123 cm³/mol. The maximum absolute atomic E-state index is 11.3. The summed E-state index contributed by atoms with van der Waals surface area (Å²) in [6, 6.07) is 5.76. The van der Waals surface area contributed by atoms with E-state index in [-0.39, 0.29) is 0 Å². The normalized spacial score (nSPS) is 21.8. The molecule has 9 nitrogen and oxygen atoms in total. The van der Waals surface area contributed by atoms with Gasteiger partial charge in [0, 0.05) is 19.4 Å². The van der Waals surface area contributed by atoms with Crippen molar-refractivity contribution in [3.8, 4) is 11.6 Å². The Labute approximate surface area is 199 Å². The molecule has 1 aromatic heterocycles. The van der Waals surface area contributed by atoms with Crippen LogP contribution in [0.2, 0.25) is 0 Å². The molecule has 3 fully saturated rings. The number of benzene rings is 1. The van der Waals surface area contributed by atoms with Gasteiger partial charge in [0.1, 0.15) is 16.7 Å². The minimum absolute atomic E-state index is 0.400. The molecule has 2 aliphatic heterocycles. The maximum Gasteiger partial charge on any atom is 0.506 e. The second-order valence-electron chi connectivity index (χ2n) is 9.92. The zero-order chi connectivity index (χ0) is 23.4. The zero-order valence-corrected chi connectivity index (χ0v) is 19.6. The van der Waals surface area contributed by atoms with Crippen LogP contribution < -0.4 is 9.47 Å². The number of carbonyl (C=O) groups is 1. The lowest BCUT2D eigenvalue weighted by atomic mass is 9.86. The zero-order valence-electron chi connectivity index (χ0n) is 19.6. The Kier molecular flexibility index (Phi) is 7.10. The molecule has 0 unspecified atom stereocenters. The van der Waals surface area contributed by atoms with Crippen molar-refractivity contribution in [2.45, 2.75) is 50.5 Å². The first kappa shape index (κ1) is 23.2. The first-order valence-corrected chi connectivity index (χ1v) is 12.5. The molecule has 1 aromatic carbocycles. The molecule has 34 heavy (non-hydrogen) atoms. The number of fused-ring (bicyclic) bond motifs is 1. The summed E-state index contributed by atoms with van der Waals surface area (Å²) in [5, 5.41) is 14.2. The van der Waals surface area contributed by atoms with Crippen LogP contribution in [0, 0.1) is 11.8 Å². The molecule has 3 aliphatic rings. The Bertz CT molecular complexity index is 959. The Balaban J connectivity index is 1.14. The largest absolute Gasteiger partial charge is 0.506 e. The van der Waals surface area contributed by atoms with Gasteiger partial charge in [-0.1, -0.05) is 12.5 Å². The molecule has 5 rings (SSSR count). The van der Waals surface area contributed by atoms with Crippen LogP contribution in [-0.2, 0) is 9.47 Å². The van der Waals surface area contributed by atoms with Crippen LogP contribution in [-0.4, -0.2) is 73.0 Å². The topological polar surface area (TPSA) is 103 Å². The van der Waals surface area contributed by atoms with Gasteiger partial charge in [-0.15, -0.1) is 0 Å². The highest BCUT2D eigenvalue weighted by molar-refractivity contribution is 5.88. The lowest BCUT2D eigenvalue weighted by Crippen LogP contribution is -2.51. The van der Waals surface area contributed by atoms with E-state index in [1.54, 1.807) is 0 Å². The van der Waals surface area contributed by atoms with Crippen LogP contribution in [0.3, 0.4) is 0 Å². The van der Waals surface area contributed by atoms with E-state index in [4.69, 9.17) is 23.5 Å². The fourth-order valence-corrected chi connectivity index (χ4v) is 5.16. The van der Waals surface area contributed by atoms with Crippen LogP contribution >= 0.6 is 0 Å². The van der Waals surface area contributed by atoms with Gasteiger partial charge >= 0.3 is 6.16 Å². The monoisotopic (exact) mass is 474 g/mol. The molecule has 0 atom stereocenters. The van der Waals surface area contributed by atoms with Gasteiger partial charge in [-0.2, -0.15) is 0 Å². The summed E-state index contributed by atoms with van der Waals surface area (Å²) in [6.45, 7) is 4.75. The van der Waals surface area contributed by atoms with E-state index in [0.717, 1.165) is 43.7 Å². The molecular formula is C25H34N2O7. The molecule has 0 amide bonds. The van der Waals surface area contributed by atoms with Gasteiger partial charge in [-0.25, -0.2) is 4.79 Å². The van der Waals surface area contributed by atoms with Crippen LogP contribution in [0.15, 0.2) is 22.7 Å². The highest BCUT2D eigenvalue weighted by Crippen LogP contribution is 2.36. The van der Waals surface area contributed by atoms with Crippen molar-refractivity contribution in [1.29, 1.82) is 0 Å². The summed E-state index contributed by atoms with van der Waals surface area (Å²) in [4.78, 5) is 13.6. The first-order chi connectivity index (χ1) is 16.6. The average Bonchev–Trinajstić information content (AvgIpc) is 3.22. The third-order valence-corrected chi connectivity index (χ3v) is 7.51. The standard InChI is InChI=1S/C25H34N2O7/c28-24(29)33-25(9-13-30-14-10-25)17-27-11-7-19(8-12-27)16-32-23-22-20(31-15-18-3-1-4-18)5-2-6-21(22)34-26-23/h2,5-6,18-19H,1,3-4,7-17H2,(H,28,29). The van der Waals surface area contributed by atoms with E-state index >= 15 is 0 Å². The lowest BCUT2D eigenvalue weighted by molar-refractivity contribution is -0.101. The minimum Gasteiger partial charge on any atom is -0.492 e. The third kappa shape index (κ3) is 5.41. The molecule has 2 saturated heterocycles. The molecule has 9 heteroatoms. The summed E-state index contributed by atoms with van der Waals surface area (Å²) in [7, 11) is 0. The Hall–Kier alpha value is -2.52. The molecule has 0 radical (unpaired) electrons. The van der Waals surface area contributed by atoms with Crippen LogP contribution in [0.1, 0.15) is 44.9 Å². The second kappa shape index (κ2) is 10.4. The molecule has 186 valence electrons. The highest BCUT2D eigenvalue weighted by atomic mass is 16.7. The van der Waals surface area contributed by atoms with E-state index < -0.39 is 11.8 Å². The number of hydrogen-bond acceptors (Lipinski definition) is 8. The summed E-state index contributed by atoms with van der Waals surface area (Å²) >= 11 is 0. The predicted octanol–water partition coefficient (Wildman–Crippen LogP) is 4.34. The van der Waals surface area contributed by atoms with Crippen molar-refractivity contribution in [2.24, 2.45) is 11.8 Å². The smallest absolute Gasteiger partial charge is 0.492 e. The average molecular weight is 475 g/mol. The number of piperidine rings is 1. The number of rotatable bonds is 9. The molecule has 1 saturated carbocycles. The second-order valence-corrected chi connectivity index (χ2v) is 9.92. The summed E-state index contributed by atoms with van der Waals surface area (Å²) in [6.07, 6.45) is 5.71. The van der Waals surface area contributed by atoms with Gasteiger partial charge < -0.3 is 28.6 Å². The van der Waals surface area contributed by atoms with Crippen LogP contribution in [0.25, 0.3) is 11.0 Å². The summed E-state index contributed by atoms with van der Waals surface area (Å²) < 4.78 is 28.5. The highest BCUT2D eigenvalue weighted by Gasteiger charge is 2.39. The van der Waals surface area contributed by atoms with Crippen molar-refractivity contribution in [1.82, 2.24) is 10.1 Å². The van der Waals surface area contributed by atoms with Gasteiger partial charge in [-0.05, 0) is 67.9 Å². The van der Waals surface area contributed by atoms with Crippen molar-refractivity contribution < 1.29 is 33.4 Å². The quantitative estimate of drug-likeness (QED) is 0.532. The lowest BCUT2D eigenvalue weighted by Gasteiger charge is -2.41. The molecule has 3 heterocycles. The van der Waals surface area contributed by atoms with E-state index in [9.17, 15) is 9.90 Å². The Morgan fingerprint density at radius 2 is 1.82 bits per heavy atom. The van der Waals surface area contributed by atoms with Crippen molar-refractivity contribution in [3.05, 3.63) is 18.2 Å². The van der Waals surface area contributed by atoms with Crippen molar-refractivity contribution in [3.63, 3.8) is 0 Å². The number of carboxylic acid groups (broad SMARTS) is 1. The molecule has 0 spiro atoms. The SMILES string of the molecule is O=C(O)OC1(CN2CCC(COc3noc4cccc(OCC5CCC5)c34)CC2)CCOCC1. The number of nitrogens with zero attached hydrogens (tertiary/aromatic N) is 2.